The van der Waals surface area contributed by atoms with Gasteiger partial charge in [0.25, 0.3) is 0 Å². The number of ether oxygens (including phenoxy) is 3. The van der Waals surface area contributed by atoms with Gasteiger partial charge in [-0.1, -0.05) is 6.92 Å². The summed E-state index contributed by atoms with van der Waals surface area (Å²) in [6.07, 6.45) is 2.63. The first-order valence-electron chi connectivity index (χ1n) is 6.13. The van der Waals surface area contributed by atoms with Crippen LogP contribution in [0.15, 0.2) is 12.3 Å². The van der Waals surface area contributed by atoms with Crippen LogP contribution in [0.4, 0.5) is 5.95 Å². The molecule has 0 aromatic carbocycles. The van der Waals surface area contributed by atoms with Crippen LogP contribution >= 0.6 is 0 Å². The van der Waals surface area contributed by atoms with Gasteiger partial charge in [-0.3, -0.25) is 0 Å². The Hall–Kier alpha value is -1.40. The van der Waals surface area contributed by atoms with Gasteiger partial charge in [0.2, 0.25) is 11.8 Å². The third-order valence-corrected chi connectivity index (χ3v) is 2.05. The molecular weight excluding hydrogens is 234 g/mol. The molecule has 0 saturated carbocycles. The van der Waals surface area contributed by atoms with Crippen LogP contribution in [-0.4, -0.2) is 50.1 Å². The van der Waals surface area contributed by atoms with Crippen LogP contribution in [0.3, 0.4) is 0 Å². The van der Waals surface area contributed by atoms with Crippen molar-refractivity contribution in [2.45, 2.75) is 13.3 Å². The fourth-order valence-corrected chi connectivity index (χ4v) is 1.19. The van der Waals surface area contributed by atoms with Gasteiger partial charge in [-0.25, -0.2) is 4.98 Å². The van der Waals surface area contributed by atoms with Gasteiger partial charge in [-0.05, 0) is 6.42 Å². The standard InChI is InChI=1S/C12H21N3O3/c1-3-7-18-11-4-5-13-12(15-11)14-6-8-17-10-9-16-2/h4-5H,3,6-10H2,1-2H3,(H,13,14,15). The second-order valence-electron chi connectivity index (χ2n) is 3.60. The summed E-state index contributed by atoms with van der Waals surface area (Å²) < 4.78 is 15.6. The average Bonchev–Trinajstić information content (AvgIpc) is 2.41. The number of methoxy groups -OCH3 is 1. The van der Waals surface area contributed by atoms with E-state index in [0.717, 1.165) is 6.42 Å². The molecule has 0 saturated heterocycles. The maximum Gasteiger partial charge on any atom is 0.226 e. The minimum Gasteiger partial charge on any atom is -0.478 e. The van der Waals surface area contributed by atoms with Crippen molar-refractivity contribution < 1.29 is 14.2 Å². The Morgan fingerprint density at radius 2 is 2.11 bits per heavy atom. The molecule has 0 aliphatic heterocycles. The minimum absolute atomic E-state index is 0.555. The number of aromatic nitrogens is 2. The first-order chi connectivity index (χ1) is 8.86. The average molecular weight is 255 g/mol. The molecule has 0 bridgehead atoms. The van der Waals surface area contributed by atoms with E-state index in [1.54, 1.807) is 19.4 Å². The first kappa shape index (κ1) is 14.7. The topological polar surface area (TPSA) is 65.5 Å². The largest absolute Gasteiger partial charge is 0.478 e. The van der Waals surface area contributed by atoms with Gasteiger partial charge in [0.15, 0.2) is 0 Å². The van der Waals surface area contributed by atoms with Crippen molar-refractivity contribution >= 4 is 5.95 Å². The summed E-state index contributed by atoms with van der Waals surface area (Å²) in [5.74, 6) is 1.15. The van der Waals surface area contributed by atoms with Gasteiger partial charge in [-0.2, -0.15) is 4.98 Å². The van der Waals surface area contributed by atoms with Crippen LogP contribution < -0.4 is 10.1 Å². The highest BCUT2D eigenvalue weighted by atomic mass is 16.5. The maximum atomic E-state index is 5.42. The lowest BCUT2D eigenvalue weighted by atomic mass is 10.5. The van der Waals surface area contributed by atoms with Gasteiger partial charge < -0.3 is 19.5 Å². The third-order valence-electron chi connectivity index (χ3n) is 2.05. The smallest absolute Gasteiger partial charge is 0.226 e. The van der Waals surface area contributed by atoms with Crippen LogP contribution in [0.5, 0.6) is 5.88 Å². The Kier molecular flexibility index (Phi) is 7.83. The van der Waals surface area contributed by atoms with E-state index >= 15 is 0 Å². The fourth-order valence-electron chi connectivity index (χ4n) is 1.19. The van der Waals surface area contributed by atoms with Gasteiger partial charge in [0.05, 0.1) is 26.4 Å². The SMILES string of the molecule is CCCOc1ccnc(NCCOCCOC)n1. The van der Waals surface area contributed by atoms with E-state index in [0.29, 0.717) is 44.8 Å². The molecule has 0 fully saturated rings. The fraction of sp³-hybridized carbons (Fsp3) is 0.667. The van der Waals surface area contributed by atoms with Gasteiger partial charge in [0, 0.05) is 25.9 Å². The van der Waals surface area contributed by atoms with E-state index in [1.807, 2.05) is 0 Å². The molecule has 0 aliphatic rings. The molecule has 102 valence electrons. The zero-order chi connectivity index (χ0) is 13.1. The molecule has 0 aliphatic carbocycles. The van der Waals surface area contributed by atoms with Gasteiger partial charge >= 0.3 is 0 Å². The second-order valence-corrected chi connectivity index (χ2v) is 3.60. The third kappa shape index (κ3) is 6.36. The van der Waals surface area contributed by atoms with E-state index < -0.39 is 0 Å². The highest BCUT2D eigenvalue weighted by Crippen LogP contribution is 2.08. The number of rotatable bonds is 10. The summed E-state index contributed by atoms with van der Waals surface area (Å²) in [5.41, 5.74) is 0. The molecule has 1 heterocycles. The molecule has 1 aromatic rings. The molecule has 6 nitrogen and oxygen atoms in total. The molecule has 1 rings (SSSR count). The molecule has 0 radical (unpaired) electrons. The molecule has 0 amide bonds. The van der Waals surface area contributed by atoms with Crippen LogP contribution in [0.2, 0.25) is 0 Å². The lowest BCUT2D eigenvalue weighted by Crippen LogP contribution is -2.13. The number of nitrogens with zero attached hydrogens (tertiary/aromatic N) is 2. The normalized spacial score (nSPS) is 10.3. The number of hydrogen-bond acceptors (Lipinski definition) is 6. The van der Waals surface area contributed by atoms with Crippen molar-refractivity contribution in [2.75, 3.05) is 45.4 Å². The Balaban J connectivity index is 2.20. The molecule has 18 heavy (non-hydrogen) atoms. The van der Waals surface area contributed by atoms with Crippen molar-refractivity contribution in [1.82, 2.24) is 9.97 Å². The number of nitrogens with one attached hydrogen (secondary N) is 1. The first-order valence-corrected chi connectivity index (χ1v) is 6.13. The predicted molar refractivity (Wildman–Crippen MR) is 69.0 cm³/mol. The van der Waals surface area contributed by atoms with Crippen molar-refractivity contribution in [2.24, 2.45) is 0 Å². The van der Waals surface area contributed by atoms with E-state index in [4.69, 9.17) is 14.2 Å². The monoisotopic (exact) mass is 255 g/mol. The van der Waals surface area contributed by atoms with Crippen LogP contribution in [0, 0.1) is 0 Å². The summed E-state index contributed by atoms with van der Waals surface area (Å²) in [4.78, 5) is 8.32. The Morgan fingerprint density at radius 3 is 2.89 bits per heavy atom. The van der Waals surface area contributed by atoms with Crippen molar-refractivity contribution in [1.29, 1.82) is 0 Å². The molecule has 1 aromatic heterocycles. The highest BCUT2D eigenvalue weighted by Gasteiger charge is 1.99. The lowest BCUT2D eigenvalue weighted by molar-refractivity contribution is 0.0758. The zero-order valence-corrected chi connectivity index (χ0v) is 11.0. The molecule has 1 N–H and O–H groups in total. The van der Waals surface area contributed by atoms with E-state index in [-0.39, 0.29) is 0 Å². The summed E-state index contributed by atoms with van der Waals surface area (Å²) in [7, 11) is 1.65. The van der Waals surface area contributed by atoms with E-state index in [9.17, 15) is 0 Å². The Morgan fingerprint density at radius 1 is 1.22 bits per heavy atom. The summed E-state index contributed by atoms with van der Waals surface area (Å²) in [6, 6.07) is 1.75. The summed E-state index contributed by atoms with van der Waals surface area (Å²) >= 11 is 0. The Labute approximate surface area is 108 Å². The maximum absolute atomic E-state index is 5.42. The van der Waals surface area contributed by atoms with Crippen molar-refractivity contribution in [3.63, 3.8) is 0 Å². The number of anilines is 1. The van der Waals surface area contributed by atoms with Gasteiger partial charge in [-0.15, -0.1) is 0 Å². The zero-order valence-electron chi connectivity index (χ0n) is 11.0. The highest BCUT2D eigenvalue weighted by molar-refractivity contribution is 5.27. The van der Waals surface area contributed by atoms with Crippen molar-refractivity contribution in [3.8, 4) is 5.88 Å². The van der Waals surface area contributed by atoms with Crippen LogP contribution in [0.25, 0.3) is 0 Å². The molecule has 6 heteroatoms. The molecule has 0 unspecified atom stereocenters. The second kappa shape index (κ2) is 9.61. The molecule has 0 atom stereocenters. The minimum atomic E-state index is 0.555. The van der Waals surface area contributed by atoms with Crippen molar-refractivity contribution in [3.05, 3.63) is 12.3 Å². The summed E-state index contributed by atoms with van der Waals surface area (Å²) in [6.45, 7) is 5.16. The van der Waals surface area contributed by atoms with Gasteiger partial charge in [0.1, 0.15) is 0 Å². The molecular formula is C12H21N3O3. The van der Waals surface area contributed by atoms with E-state index in [2.05, 4.69) is 22.2 Å². The molecule has 0 spiro atoms. The van der Waals surface area contributed by atoms with E-state index in [1.165, 1.54) is 0 Å². The quantitative estimate of drug-likeness (QED) is 0.636. The van der Waals surface area contributed by atoms with Crippen LogP contribution in [0.1, 0.15) is 13.3 Å². The van der Waals surface area contributed by atoms with Crippen LogP contribution in [-0.2, 0) is 9.47 Å². The Bertz CT molecular complexity index is 323. The summed E-state index contributed by atoms with van der Waals surface area (Å²) in [5, 5.41) is 3.07. The predicted octanol–water partition coefficient (Wildman–Crippen LogP) is 1.34. The lowest BCUT2D eigenvalue weighted by Gasteiger charge is -2.07. The number of hydrogen-bond donors (Lipinski definition) is 1.